The van der Waals surface area contributed by atoms with Gasteiger partial charge in [-0.05, 0) is 29.8 Å². The second-order valence-electron chi connectivity index (χ2n) is 5.59. The van der Waals surface area contributed by atoms with Gasteiger partial charge in [-0.1, -0.05) is 18.2 Å². The van der Waals surface area contributed by atoms with Crippen molar-refractivity contribution in [3.63, 3.8) is 0 Å². The molecule has 1 aromatic heterocycles. The molecule has 1 amide bonds. The van der Waals surface area contributed by atoms with E-state index < -0.39 is 6.09 Å². The minimum Gasteiger partial charge on any atom is -0.497 e. The first-order chi connectivity index (χ1) is 11.6. The van der Waals surface area contributed by atoms with Crippen molar-refractivity contribution in [2.24, 2.45) is 0 Å². The molecule has 2 N–H and O–H groups in total. The van der Waals surface area contributed by atoms with Crippen LogP contribution in [0, 0.1) is 0 Å². The Balaban J connectivity index is 2.04. The van der Waals surface area contributed by atoms with Crippen LogP contribution in [0.1, 0.15) is 15.9 Å². The average molecular weight is 322 g/mol. The molecule has 1 aliphatic rings. The van der Waals surface area contributed by atoms with Crippen LogP contribution in [0.25, 0.3) is 22.2 Å². The molecule has 4 rings (SSSR count). The molecule has 0 aliphatic carbocycles. The van der Waals surface area contributed by atoms with Gasteiger partial charge in [-0.25, -0.2) is 9.36 Å². The maximum atomic E-state index is 12.2. The summed E-state index contributed by atoms with van der Waals surface area (Å²) >= 11 is 0. The lowest BCUT2D eigenvalue weighted by atomic mass is 10.0. The maximum Gasteiger partial charge on any atom is 0.416 e. The van der Waals surface area contributed by atoms with E-state index in [1.807, 2.05) is 12.1 Å². The predicted molar refractivity (Wildman–Crippen MR) is 88.5 cm³/mol. The molecule has 0 spiro atoms. The van der Waals surface area contributed by atoms with Crippen molar-refractivity contribution in [2.75, 3.05) is 7.11 Å². The van der Waals surface area contributed by atoms with Crippen LogP contribution in [-0.4, -0.2) is 28.8 Å². The largest absolute Gasteiger partial charge is 0.497 e. The standard InChI is InChI=1S/C18H14N2O4/c1-24-12-5-6-14-11(7-12)8-15(20(14)18(22)23)13-4-2-3-10-9-19-17(21)16(10)13/h2-8H,9H2,1H3,(H,19,21)(H,22,23). The van der Waals surface area contributed by atoms with Gasteiger partial charge in [0.1, 0.15) is 5.75 Å². The number of benzene rings is 2. The number of carbonyl (C=O) groups is 2. The highest BCUT2D eigenvalue weighted by molar-refractivity contribution is 6.06. The van der Waals surface area contributed by atoms with Crippen molar-refractivity contribution < 1.29 is 19.4 Å². The van der Waals surface area contributed by atoms with E-state index in [9.17, 15) is 14.7 Å². The summed E-state index contributed by atoms with van der Waals surface area (Å²) < 4.78 is 6.41. The maximum absolute atomic E-state index is 12.2. The van der Waals surface area contributed by atoms with Crippen LogP contribution >= 0.6 is 0 Å². The van der Waals surface area contributed by atoms with E-state index >= 15 is 0 Å². The number of fused-ring (bicyclic) bond motifs is 2. The number of hydrogen-bond donors (Lipinski definition) is 2. The molecular weight excluding hydrogens is 308 g/mol. The number of rotatable bonds is 2. The number of carbonyl (C=O) groups excluding carboxylic acids is 1. The van der Waals surface area contributed by atoms with E-state index in [1.165, 1.54) is 4.57 Å². The normalized spacial score (nSPS) is 13.0. The van der Waals surface area contributed by atoms with Gasteiger partial charge in [0, 0.05) is 17.5 Å². The summed E-state index contributed by atoms with van der Waals surface area (Å²) in [6.45, 7) is 0.461. The molecule has 2 aromatic carbocycles. The number of amides is 1. The predicted octanol–water partition coefficient (Wildman–Crippen LogP) is 3.09. The van der Waals surface area contributed by atoms with Crippen molar-refractivity contribution in [3.05, 3.63) is 53.6 Å². The van der Waals surface area contributed by atoms with Crippen LogP contribution in [0.4, 0.5) is 4.79 Å². The Morgan fingerprint density at radius 1 is 1.25 bits per heavy atom. The van der Waals surface area contributed by atoms with Crippen molar-refractivity contribution in [1.29, 1.82) is 0 Å². The Morgan fingerprint density at radius 3 is 2.83 bits per heavy atom. The number of hydrogen-bond acceptors (Lipinski definition) is 3. The minimum absolute atomic E-state index is 0.180. The molecule has 0 saturated carbocycles. The highest BCUT2D eigenvalue weighted by Gasteiger charge is 2.26. The van der Waals surface area contributed by atoms with Crippen LogP contribution in [0.15, 0.2) is 42.5 Å². The topological polar surface area (TPSA) is 80.6 Å². The number of nitrogens with one attached hydrogen (secondary N) is 1. The molecule has 0 radical (unpaired) electrons. The fraction of sp³-hybridized carbons (Fsp3) is 0.111. The molecule has 24 heavy (non-hydrogen) atoms. The molecule has 0 unspecified atom stereocenters. The fourth-order valence-corrected chi connectivity index (χ4v) is 3.22. The first kappa shape index (κ1) is 14.3. The lowest BCUT2D eigenvalue weighted by molar-refractivity contribution is 0.0966. The van der Waals surface area contributed by atoms with Crippen LogP contribution in [-0.2, 0) is 6.54 Å². The van der Waals surface area contributed by atoms with Gasteiger partial charge in [-0.2, -0.15) is 0 Å². The summed E-state index contributed by atoms with van der Waals surface area (Å²) in [5.74, 6) is 0.466. The monoisotopic (exact) mass is 322 g/mol. The van der Waals surface area contributed by atoms with Gasteiger partial charge in [0.25, 0.3) is 5.91 Å². The third-order valence-electron chi connectivity index (χ3n) is 4.29. The van der Waals surface area contributed by atoms with Gasteiger partial charge >= 0.3 is 6.09 Å². The highest BCUT2D eigenvalue weighted by Crippen LogP contribution is 2.34. The molecule has 2 heterocycles. The summed E-state index contributed by atoms with van der Waals surface area (Å²) in [7, 11) is 1.56. The van der Waals surface area contributed by atoms with E-state index in [1.54, 1.807) is 37.4 Å². The lowest BCUT2D eigenvalue weighted by Gasteiger charge is -2.09. The van der Waals surface area contributed by atoms with E-state index in [2.05, 4.69) is 5.32 Å². The van der Waals surface area contributed by atoms with E-state index in [0.29, 0.717) is 34.6 Å². The Bertz CT molecular complexity index is 1000. The fourth-order valence-electron chi connectivity index (χ4n) is 3.22. The van der Waals surface area contributed by atoms with Crippen molar-refractivity contribution in [2.45, 2.75) is 6.54 Å². The van der Waals surface area contributed by atoms with Gasteiger partial charge < -0.3 is 15.2 Å². The number of aromatic nitrogens is 1. The van der Waals surface area contributed by atoms with Gasteiger partial charge in [-0.15, -0.1) is 0 Å². The lowest BCUT2D eigenvalue weighted by Crippen LogP contribution is -2.14. The summed E-state index contributed by atoms with van der Waals surface area (Å²) in [5, 5.41) is 13.2. The molecule has 0 bridgehead atoms. The van der Waals surface area contributed by atoms with Crippen LogP contribution < -0.4 is 10.1 Å². The molecule has 0 fully saturated rings. The third kappa shape index (κ3) is 1.96. The Kier molecular flexibility index (Phi) is 3.06. The molecule has 3 aromatic rings. The number of carboxylic acid groups (broad SMARTS) is 1. The Morgan fingerprint density at radius 2 is 2.08 bits per heavy atom. The van der Waals surface area contributed by atoms with Gasteiger partial charge in [0.15, 0.2) is 0 Å². The zero-order chi connectivity index (χ0) is 16.8. The van der Waals surface area contributed by atoms with Gasteiger partial charge in [0.2, 0.25) is 0 Å². The molecular formula is C18H14N2O4. The molecule has 6 nitrogen and oxygen atoms in total. The smallest absolute Gasteiger partial charge is 0.416 e. The summed E-state index contributed by atoms with van der Waals surface area (Å²) in [6.07, 6.45) is -1.10. The second kappa shape index (κ2) is 5.13. The first-order valence-electron chi connectivity index (χ1n) is 7.43. The van der Waals surface area contributed by atoms with E-state index in [-0.39, 0.29) is 5.91 Å². The van der Waals surface area contributed by atoms with Gasteiger partial charge in [0.05, 0.1) is 23.9 Å². The van der Waals surface area contributed by atoms with E-state index in [4.69, 9.17) is 4.74 Å². The third-order valence-corrected chi connectivity index (χ3v) is 4.29. The number of ether oxygens (including phenoxy) is 1. The summed E-state index contributed by atoms with van der Waals surface area (Å²) in [4.78, 5) is 24.0. The molecule has 0 atom stereocenters. The Labute approximate surface area is 137 Å². The molecule has 1 aliphatic heterocycles. The Hall–Kier alpha value is -3.28. The summed E-state index contributed by atoms with van der Waals surface area (Å²) in [6, 6.07) is 12.4. The molecule has 6 heteroatoms. The quantitative estimate of drug-likeness (QED) is 0.760. The zero-order valence-corrected chi connectivity index (χ0v) is 12.9. The van der Waals surface area contributed by atoms with Crippen molar-refractivity contribution >= 4 is 22.9 Å². The van der Waals surface area contributed by atoms with Crippen LogP contribution in [0.5, 0.6) is 5.75 Å². The molecule has 120 valence electrons. The van der Waals surface area contributed by atoms with Crippen LogP contribution in [0.2, 0.25) is 0 Å². The van der Waals surface area contributed by atoms with Gasteiger partial charge in [-0.3, -0.25) is 4.79 Å². The number of methoxy groups -OCH3 is 1. The highest BCUT2D eigenvalue weighted by atomic mass is 16.5. The zero-order valence-electron chi connectivity index (χ0n) is 12.9. The first-order valence-corrected chi connectivity index (χ1v) is 7.43. The minimum atomic E-state index is -1.10. The average Bonchev–Trinajstić information content (AvgIpc) is 3.15. The molecule has 0 saturated heterocycles. The van der Waals surface area contributed by atoms with Crippen molar-refractivity contribution in [1.82, 2.24) is 9.88 Å². The van der Waals surface area contributed by atoms with E-state index in [0.717, 1.165) is 10.9 Å². The van der Waals surface area contributed by atoms with Crippen molar-refractivity contribution in [3.8, 4) is 17.0 Å². The number of nitrogens with zero attached hydrogens (tertiary/aromatic N) is 1. The van der Waals surface area contributed by atoms with Crippen LogP contribution in [0.3, 0.4) is 0 Å². The summed E-state index contributed by atoms with van der Waals surface area (Å²) in [5.41, 5.74) is 3.04. The SMILES string of the molecule is COc1ccc2c(c1)cc(-c1cccc3c1C(=O)NC3)n2C(=O)O. The second-order valence-corrected chi connectivity index (χ2v) is 5.59.